The van der Waals surface area contributed by atoms with E-state index in [1.54, 1.807) is 13.0 Å². The summed E-state index contributed by atoms with van der Waals surface area (Å²) in [5.41, 5.74) is 0.0828. The highest BCUT2D eigenvalue weighted by atomic mass is 79.9. The number of rotatable bonds is 4. The first-order chi connectivity index (χ1) is 7.03. The van der Waals surface area contributed by atoms with Gasteiger partial charge in [0, 0.05) is 6.54 Å². The van der Waals surface area contributed by atoms with Crippen LogP contribution in [0.3, 0.4) is 0 Å². The maximum absolute atomic E-state index is 13.4. The van der Waals surface area contributed by atoms with Crippen LogP contribution < -0.4 is 4.31 Å². The van der Waals surface area contributed by atoms with Gasteiger partial charge in [0.25, 0.3) is 0 Å². The normalized spacial score (nSPS) is 11.4. The van der Waals surface area contributed by atoms with E-state index in [1.807, 2.05) is 0 Å². The van der Waals surface area contributed by atoms with Gasteiger partial charge in [-0.05, 0) is 19.1 Å². The Bertz CT molecular complexity index is 435. The standard InChI is InChI=1S/C9H11BrFNO2S/c1-2-12(15(13,14)7-10)9-6-4-3-5-8(9)11/h3-6H,2,7H2,1H3. The number of hydrogen-bond donors (Lipinski definition) is 0. The third-order valence-corrected chi connectivity index (χ3v) is 5.02. The molecule has 0 amide bonds. The number of sulfonamides is 1. The van der Waals surface area contributed by atoms with E-state index in [2.05, 4.69) is 15.9 Å². The molecule has 15 heavy (non-hydrogen) atoms. The summed E-state index contributed by atoms with van der Waals surface area (Å²) in [6.45, 7) is 1.86. The Kier molecular flexibility index (Phi) is 4.10. The van der Waals surface area contributed by atoms with Gasteiger partial charge in [-0.1, -0.05) is 28.1 Å². The number of alkyl halides is 1. The first kappa shape index (κ1) is 12.4. The van der Waals surface area contributed by atoms with E-state index >= 15 is 0 Å². The molecule has 3 nitrogen and oxygen atoms in total. The molecule has 1 aromatic carbocycles. The van der Waals surface area contributed by atoms with E-state index in [4.69, 9.17) is 0 Å². The van der Waals surface area contributed by atoms with Crippen molar-refractivity contribution in [3.05, 3.63) is 30.1 Å². The van der Waals surface area contributed by atoms with E-state index < -0.39 is 15.8 Å². The molecule has 0 heterocycles. The zero-order chi connectivity index (χ0) is 11.5. The van der Waals surface area contributed by atoms with Crippen molar-refractivity contribution in [3.8, 4) is 0 Å². The SMILES string of the molecule is CCN(c1ccccc1F)S(=O)(=O)CBr. The van der Waals surface area contributed by atoms with Crippen LogP contribution >= 0.6 is 15.9 Å². The molecule has 0 spiro atoms. The van der Waals surface area contributed by atoms with Crippen LogP contribution in [0.5, 0.6) is 0 Å². The van der Waals surface area contributed by atoms with Crippen LogP contribution in [0.2, 0.25) is 0 Å². The predicted molar refractivity (Wildman–Crippen MR) is 62.1 cm³/mol. The largest absolute Gasteiger partial charge is 0.267 e. The van der Waals surface area contributed by atoms with Crippen molar-refractivity contribution in [1.29, 1.82) is 0 Å². The Morgan fingerprint density at radius 2 is 2.00 bits per heavy atom. The molecule has 0 aliphatic heterocycles. The minimum absolute atomic E-state index is 0.0828. The van der Waals surface area contributed by atoms with Crippen molar-refractivity contribution in [2.24, 2.45) is 0 Å². The summed E-state index contributed by atoms with van der Waals surface area (Å²) in [7, 11) is -3.48. The van der Waals surface area contributed by atoms with Crippen LogP contribution in [0.1, 0.15) is 6.92 Å². The number of para-hydroxylation sites is 1. The molecule has 0 atom stereocenters. The van der Waals surface area contributed by atoms with Crippen LogP contribution in [0.4, 0.5) is 10.1 Å². The molecule has 0 saturated heterocycles. The Balaban J connectivity index is 3.20. The van der Waals surface area contributed by atoms with Gasteiger partial charge in [0.15, 0.2) is 0 Å². The highest BCUT2D eigenvalue weighted by Crippen LogP contribution is 2.22. The van der Waals surface area contributed by atoms with Gasteiger partial charge >= 0.3 is 0 Å². The van der Waals surface area contributed by atoms with Crippen molar-refractivity contribution in [3.63, 3.8) is 0 Å². The first-order valence-electron chi connectivity index (χ1n) is 4.34. The Morgan fingerprint density at radius 1 is 1.40 bits per heavy atom. The zero-order valence-electron chi connectivity index (χ0n) is 8.15. The third kappa shape index (κ3) is 2.69. The average molecular weight is 296 g/mol. The molecule has 1 aromatic rings. The zero-order valence-corrected chi connectivity index (χ0v) is 10.6. The lowest BCUT2D eigenvalue weighted by Crippen LogP contribution is -2.32. The van der Waals surface area contributed by atoms with Crippen LogP contribution in [-0.2, 0) is 10.0 Å². The quantitative estimate of drug-likeness (QED) is 0.800. The summed E-state index contributed by atoms with van der Waals surface area (Å²) >= 11 is 2.88. The minimum atomic E-state index is -3.48. The molecule has 84 valence electrons. The van der Waals surface area contributed by atoms with Crippen molar-refractivity contribution in [1.82, 2.24) is 0 Å². The maximum atomic E-state index is 13.4. The molecule has 0 aliphatic rings. The summed E-state index contributed by atoms with van der Waals surface area (Å²) in [4.78, 5) is 0. The fourth-order valence-electron chi connectivity index (χ4n) is 1.23. The van der Waals surface area contributed by atoms with Crippen LogP contribution in [0.25, 0.3) is 0 Å². The van der Waals surface area contributed by atoms with Crippen molar-refractivity contribution >= 4 is 31.6 Å². The van der Waals surface area contributed by atoms with Crippen molar-refractivity contribution in [2.75, 3.05) is 15.5 Å². The molecular formula is C9H11BrFNO2S. The van der Waals surface area contributed by atoms with Gasteiger partial charge in [0.2, 0.25) is 10.0 Å². The number of benzene rings is 1. The minimum Gasteiger partial charge on any atom is -0.267 e. The summed E-state index contributed by atoms with van der Waals surface area (Å²) in [5, 5.41) is 0. The van der Waals surface area contributed by atoms with E-state index in [1.165, 1.54) is 18.2 Å². The molecule has 0 aromatic heterocycles. The van der Waals surface area contributed by atoms with Crippen LogP contribution in [0.15, 0.2) is 24.3 Å². The predicted octanol–water partition coefficient (Wildman–Crippen LogP) is 2.33. The van der Waals surface area contributed by atoms with Crippen molar-refractivity contribution < 1.29 is 12.8 Å². The molecule has 1 rings (SSSR count). The van der Waals surface area contributed by atoms with E-state index in [-0.39, 0.29) is 16.9 Å². The van der Waals surface area contributed by atoms with Gasteiger partial charge in [0.05, 0.1) is 5.69 Å². The van der Waals surface area contributed by atoms with E-state index in [0.717, 1.165) is 4.31 Å². The third-order valence-electron chi connectivity index (χ3n) is 1.88. The highest BCUT2D eigenvalue weighted by molar-refractivity contribution is 9.10. The number of anilines is 1. The second kappa shape index (κ2) is 4.94. The number of nitrogens with zero attached hydrogens (tertiary/aromatic N) is 1. The summed E-state index contributed by atoms with van der Waals surface area (Å²) in [5.74, 6) is -0.538. The molecule has 0 saturated carbocycles. The van der Waals surface area contributed by atoms with Gasteiger partial charge in [-0.3, -0.25) is 4.31 Å². The van der Waals surface area contributed by atoms with Crippen molar-refractivity contribution in [2.45, 2.75) is 6.92 Å². The molecule has 0 aliphatic carbocycles. The molecular weight excluding hydrogens is 285 g/mol. The second-order valence-corrected chi connectivity index (χ2v) is 6.03. The molecule has 6 heteroatoms. The number of halogens is 2. The molecule has 0 fully saturated rings. The lowest BCUT2D eigenvalue weighted by atomic mass is 10.3. The van der Waals surface area contributed by atoms with Gasteiger partial charge < -0.3 is 0 Å². The second-order valence-electron chi connectivity index (χ2n) is 2.84. The lowest BCUT2D eigenvalue weighted by molar-refractivity contribution is 0.591. The highest BCUT2D eigenvalue weighted by Gasteiger charge is 2.21. The lowest BCUT2D eigenvalue weighted by Gasteiger charge is -2.21. The van der Waals surface area contributed by atoms with Gasteiger partial charge in [-0.15, -0.1) is 0 Å². The molecule has 0 unspecified atom stereocenters. The monoisotopic (exact) mass is 295 g/mol. The fourth-order valence-corrected chi connectivity index (χ4v) is 2.93. The molecule has 0 N–H and O–H groups in total. The van der Waals surface area contributed by atoms with Gasteiger partial charge in [-0.2, -0.15) is 0 Å². The first-order valence-corrected chi connectivity index (χ1v) is 7.07. The smallest absolute Gasteiger partial charge is 0.245 e. The Morgan fingerprint density at radius 3 is 2.47 bits per heavy atom. The summed E-state index contributed by atoms with van der Waals surface area (Å²) in [6.07, 6.45) is 0. The van der Waals surface area contributed by atoms with Gasteiger partial charge in [-0.25, -0.2) is 12.8 Å². The van der Waals surface area contributed by atoms with E-state index in [9.17, 15) is 12.8 Å². The van der Waals surface area contributed by atoms with Crippen LogP contribution in [0, 0.1) is 5.82 Å². The van der Waals surface area contributed by atoms with Crippen LogP contribution in [-0.4, -0.2) is 19.6 Å². The summed E-state index contributed by atoms with van der Waals surface area (Å²) in [6, 6.07) is 5.80. The fraction of sp³-hybridized carbons (Fsp3) is 0.333. The van der Waals surface area contributed by atoms with Gasteiger partial charge in [0.1, 0.15) is 10.5 Å². The molecule has 0 bridgehead atoms. The maximum Gasteiger partial charge on any atom is 0.245 e. The average Bonchev–Trinajstić information content (AvgIpc) is 2.21. The Labute approximate surface area is 97.1 Å². The summed E-state index contributed by atoms with van der Waals surface area (Å²) < 4.78 is 37.4. The van der Waals surface area contributed by atoms with E-state index in [0.29, 0.717) is 0 Å². The Hall–Kier alpha value is -0.620. The number of hydrogen-bond acceptors (Lipinski definition) is 2. The molecule has 0 radical (unpaired) electrons. The topological polar surface area (TPSA) is 37.4 Å².